The Balaban J connectivity index is 0.00000161. The van der Waals surface area contributed by atoms with E-state index in [0.29, 0.717) is 10.7 Å². The van der Waals surface area contributed by atoms with Gasteiger partial charge >= 0.3 is 0 Å². The molecule has 1 N–H and O–H groups in total. The second-order valence-corrected chi connectivity index (χ2v) is 4.85. The number of fused-ring (bicyclic) bond motifs is 1. The molecule has 3 rings (SSSR count). The maximum Gasteiger partial charge on any atom is 0.141 e. The number of hydrogen-bond donors (Lipinski definition) is 1. The van der Waals surface area contributed by atoms with Crippen LogP contribution >= 0.6 is 24.0 Å². The number of halogens is 2. The van der Waals surface area contributed by atoms with Crippen molar-refractivity contribution >= 4 is 47.1 Å². The predicted molar refractivity (Wildman–Crippen MR) is 91.0 cm³/mol. The zero-order valence-electron chi connectivity index (χ0n) is 11.0. The van der Waals surface area contributed by atoms with E-state index in [-0.39, 0.29) is 18.2 Å². The van der Waals surface area contributed by atoms with Crippen molar-refractivity contribution in [3.63, 3.8) is 0 Å². The highest BCUT2D eigenvalue weighted by Crippen LogP contribution is 2.24. The number of hydrogen-bond acceptors (Lipinski definition) is 2. The summed E-state index contributed by atoms with van der Waals surface area (Å²) in [5.74, 6) is 0.159. The zero-order valence-corrected chi connectivity index (χ0v) is 12.6. The van der Waals surface area contributed by atoms with E-state index in [2.05, 4.69) is 4.98 Å². The molecule has 21 heavy (non-hydrogen) atoms. The van der Waals surface area contributed by atoms with E-state index in [1.165, 1.54) is 0 Å². The Bertz CT molecular complexity index is 800. The highest BCUT2D eigenvalue weighted by atomic mass is 35.5. The third-order valence-corrected chi connectivity index (χ3v) is 3.40. The van der Waals surface area contributed by atoms with E-state index in [4.69, 9.17) is 11.6 Å². The third-order valence-electron chi connectivity index (χ3n) is 3.06. The average molecular weight is 318 g/mol. The summed E-state index contributed by atoms with van der Waals surface area (Å²) in [5.41, 5.74) is 2.27. The van der Waals surface area contributed by atoms with Crippen molar-refractivity contribution in [2.24, 2.45) is 0 Å². The van der Waals surface area contributed by atoms with Gasteiger partial charge in [0.25, 0.3) is 0 Å². The Morgan fingerprint density at radius 3 is 2.48 bits per heavy atom. The van der Waals surface area contributed by atoms with Gasteiger partial charge in [-0.2, -0.15) is 0 Å². The van der Waals surface area contributed by atoms with Crippen molar-refractivity contribution < 1.29 is 5.11 Å². The minimum absolute atomic E-state index is 0. The first-order valence-electron chi connectivity index (χ1n) is 6.25. The predicted octanol–water partition coefficient (Wildman–Crippen LogP) is 5.19. The van der Waals surface area contributed by atoms with Crippen LogP contribution in [0.15, 0.2) is 54.6 Å². The van der Waals surface area contributed by atoms with E-state index < -0.39 is 0 Å². The van der Waals surface area contributed by atoms with Crippen LogP contribution in [0.3, 0.4) is 0 Å². The number of nitrogens with zero attached hydrogens (tertiary/aromatic N) is 1. The van der Waals surface area contributed by atoms with Gasteiger partial charge in [0.2, 0.25) is 0 Å². The molecule has 2 nitrogen and oxygen atoms in total. The number of rotatable bonds is 2. The molecule has 0 saturated heterocycles. The summed E-state index contributed by atoms with van der Waals surface area (Å²) in [5, 5.41) is 11.6. The van der Waals surface area contributed by atoms with Crippen molar-refractivity contribution in [2.45, 2.75) is 0 Å². The van der Waals surface area contributed by atoms with Crippen LogP contribution in [0, 0.1) is 0 Å². The second-order valence-electron chi connectivity index (χ2n) is 4.44. The van der Waals surface area contributed by atoms with Crippen LogP contribution in [0.4, 0.5) is 0 Å². The van der Waals surface area contributed by atoms with Crippen LogP contribution < -0.4 is 0 Å². The highest BCUT2D eigenvalue weighted by Gasteiger charge is 2.03. The zero-order chi connectivity index (χ0) is 13.9. The van der Waals surface area contributed by atoms with Crippen molar-refractivity contribution in [3.8, 4) is 5.75 Å². The van der Waals surface area contributed by atoms with E-state index in [1.807, 2.05) is 54.6 Å². The van der Waals surface area contributed by atoms with Gasteiger partial charge in [-0.25, -0.2) is 4.98 Å². The monoisotopic (exact) mass is 317 g/mol. The Hall–Kier alpha value is -2.03. The number of para-hydroxylation sites is 1. The molecular formula is C17H13Cl2NO. The minimum Gasteiger partial charge on any atom is -0.506 e. The summed E-state index contributed by atoms with van der Waals surface area (Å²) in [4.78, 5) is 4.44. The van der Waals surface area contributed by atoms with Crippen molar-refractivity contribution in [3.05, 3.63) is 70.9 Å². The van der Waals surface area contributed by atoms with Gasteiger partial charge in [-0.3, -0.25) is 0 Å². The molecule has 0 saturated carbocycles. The normalized spacial score (nSPS) is 10.7. The van der Waals surface area contributed by atoms with E-state index in [9.17, 15) is 5.11 Å². The van der Waals surface area contributed by atoms with Gasteiger partial charge in [0.05, 0.1) is 5.52 Å². The summed E-state index contributed by atoms with van der Waals surface area (Å²) in [7, 11) is 0. The Morgan fingerprint density at radius 1 is 0.952 bits per heavy atom. The van der Waals surface area contributed by atoms with Gasteiger partial charge in [0.1, 0.15) is 11.4 Å². The van der Waals surface area contributed by atoms with Crippen LogP contribution in [0.25, 0.3) is 23.1 Å². The average Bonchev–Trinajstić information content (AvgIpc) is 2.46. The number of aromatic nitrogens is 1. The summed E-state index contributed by atoms with van der Waals surface area (Å²) < 4.78 is 0. The fraction of sp³-hybridized carbons (Fsp3) is 0. The molecule has 0 amide bonds. The molecule has 0 bridgehead atoms. The van der Waals surface area contributed by atoms with Gasteiger partial charge in [0, 0.05) is 10.4 Å². The molecule has 106 valence electrons. The van der Waals surface area contributed by atoms with Crippen molar-refractivity contribution in [1.82, 2.24) is 4.98 Å². The SMILES string of the molecule is Cl.Oc1cc2ccccc2nc1/C=C/c1ccccc1Cl. The van der Waals surface area contributed by atoms with Gasteiger partial charge in [0.15, 0.2) is 0 Å². The van der Waals surface area contributed by atoms with E-state index in [0.717, 1.165) is 16.5 Å². The third kappa shape index (κ3) is 3.35. The molecule has 0 aliphatic heterocycles. The fourth-order valence-electron chi connectivity index (χ4n) is 2.02. The first-order chi connectivity index (χ1) is 9.74. The molecule has 1 aromatic heterocycles. The van der Waals surface area contributed by atoms with Crippen LogP contribution in [0.2, 0.25) is 5.02 Å². The lowest BCUT2D eigenvalue weighted by Crippen LogP contribution is -1.84. The van der Waals surface area contributed by atoms with Crippen LogP contribution in [-0.4, -0.2) is 10.1 Å². The van der Waals surface area contributed by atoms with Gasteiger partial charge in [-0.1, -0.05) is 54.1 Å². The molecule has 0 fully saturated rings. The quantitative estimate of drug-likeness (QED) is 0.705. The standard InChI is InChI=1S/C17H12ClNO.ClH/c18-14-7-3-1-5-12(14)9-10-16-17(20)11-13-6-2-4-8-15(13)19-16;/h1-11,20H;1H/b10-9+;. The van der Waals surface area contributed by atoms with E-state index in [1.54, 1.807) is 12.1 Å². The van der Waals surface area contributed by atoms with Gasteiger partial charge in [-0.15, -0.1) is 12.4 Å². The lowest BCUT2D eigenvalue weighted by Gasteiger charge is -2.02. The number of pyridine rings is 1. The molecule has 0 unspecified atom stereocenters. The summed E-state index contributed by atoms with van der Waals surface area (Å²) in [6.45, 7) is 0. The topological polar surface area (TPSA) is 33.1 Å². The first kappa shape index (κ1) is 15.4. The van der Waals surface area contributed by atoms with Gasteiger partial charge < -0.3 is 5.11 Å². The van der Waals surface area contributed by atoms with Crippen LogP contribution in [0.5, 0.6) is 5.75 Å². The molecular weight excluding hydrogens is 305 g/mol. The lowest BCUT2D eigenvalue weighted by molar-refractivity contribution is 0.472. The largest absolute Gasteiger partial charge is 0.506 e. The Morgan fingerprint density at radius 2 is 1.67 bits per heavy atom. The maximum atomic E-state index is 10.0. The number of aromatic hydroxyl groups is 1. The Kier molecular flexibility index (Phi) is 4.84. The molecule has 0 aliphatic carbocycles. The second kappa shape index (κ2) is 6.61. The van der Waals surface area contributed by atoms with Crippen molar-refractivity contribution in [2.75, 3.05) is 0 Å². The molecule has 0 radical (unpaired) electrons. The Labute approximate surface area is 134 Å². The van der Waals surface area contributed by atoms with Crippen molar-refractivity contribution in [1.29, 1.82) is 0 Å². The molecule has 2 aromatic carbocycles. The summed E-state index contributed by atoms with van der Waals surface area (Å²) in [6.07, 6.45) is 3.61. The maximum absolute atomic E-state index is 10.0. The highest BCUT2D eigenvalue weighted by molar-refractivity contribution is 6.32. The summed E-state index contributed by atoms with van der Waals surface area (Å²) in [6, 6.07) is 16.9. The molecule has 0 atom stereocenters. The molecule has 3 aromatic rings. The first-order valence-corrected chi connectivity index (χ1v) is 6.63. The fourth-order valence-corrected chi connectivity index (χ4v) is 2.22. The van der Waals surface area contributed by atoms with Crippen LogP contribution in [-0.2, 0) is 0 Å². The van der Waals surface area contributed by atoms with Crippen LogP contribution in [0.1, 0.15) is 11.3 Å². The minimum atomic E-state index is 0. The number of benzene rings is 2. The molecule has 0 aliphatic rings. The lowest BCUT2D eigenvalue weighted by atomic mass is 10.1. The van der Waals surface area contributed by atoms with E-state index >= 15 is 0 Å². The smallest absolute Gasteiger partial charge is 0.141 e. The molecule has 4 heteroatoms. The summed E-state index contributed by atoms with van der Waals surface area (Å²) >= 11 is 6.09. The van der Waals surface area contributed by atoms with Gasteiger partial charge in [-0.05, 0) is 29.8 Å². The molecule has 1 heterocycles. The molecule has 0 spiro atoms.